The van der Waals surface area contributed by atoms with Gasteiger partial charge in [0, 0.05) is 28.0 Å². The Hall–Kier alpha value is -5.41. The van der Waals surface area contributed by atoms with E-state index in [1.54, 1.807) is 0 Å². The molecule has 0 amide bonds. The lowest BCUT2D eigenvalue weighted by Gasteiger charge is -2.11. The first kappa shape index (κ1) is 27.7. The molecule has 0 saturated heterocycles. The first-order valence-corrected chi connectivity index (χ1v) is 14.7. The number of fused-ring (bicyclic) bond motifs is 1. The minimum absolute atomic E-state index is 0.585. The summed E-state index contributed by atoms with van der Waals surface area (Å²) in [7, 11) is 0. The van der Waals surface area contributed by atoms with Crippen LogP contribution >= 0.6 is 0 Å². The highest BCUT2D eigenvalue weighted by Gasteiger charge is 2.13. The molecule has 0 fully saturated rings. The molecule has 0 unspecified atom stereocenters. The van der Waals surface area contributed by atoms with Crippen molar-refractivity contribution in [1.29, 1.82) is 0 Å². The van der Waals surface area contributed by atoms with E-state index in [1.165, 1.54) is 27.7 Å². The van der Waals surface area contributed by atoms with Crippen molar-refractivity contribution in [2.75, 3.05) is 0 Å². The molecule has 3 heteroatoms. The molecule has 1 heterocycles. The van der Waals surface area contributed by atoms with Gasteiger partial charge in [-0.2, -0.15) is 0 Å². The summed E-state index contributed by atoms with van der Waals surface area (Å²) in [6, 6.07) is 46.3. The van der Waals surface area contributed by atoms with Gasteiger partial charge in [-0.1, -0.05) is 127 Å². The van der Waals surface area contributed by atoms with Gasteiger partial charge in [0.05, 0.1) is 17.8 Å². The second-order valence-corrected chi connectivity index (χ2v) is 10.6. The van der Waals surface area contributed by atoms with Gasteiger partial charge in [0.1, 0.15) is 0 Å². The number of aromatic nitrogens is 1. The number of hydrogen-bond acceptors (Lipinski definition) is 2. The van der Waals surface area contributed by atoms with E-state index < -0.39 is 0 Å². The smallest absolute Gasteiger partial charge is 0.0671 e. The SMILES string of the molecule is C/C=C\c1c(C)n(-c2ccc(-c3ccc(C(/C=C(\N)c4ccccc4)=NCc4ccccc4)cc3)cc2)c2ccccc12. The minimum Gasteiger partial charge on any atom is -0.398 e. The largest absolute Gasteiger partial charge is 0.398 e. The number of aliphatic imine (C=N–C) groups is 1. The predicted octanol–water partition coefficient (Wildman–Crippen LogP) is 9.63. The van der Waals surface area contributed by atoms with Crippen LogP contribution in [-0.4, -0.2) is 10.3 Å². The van der Waals surface area contributed by atoms with E-state index in [4.69, 9.17) is 10.7 Å². The number of hydrogen-bond donors (Lipinski definition) is 1. The molecule has 0 aliphatic rings. The molecule has 0 atom stereocenters. The van der Waals surface area contributed by atoms with Gasteiger partial charge in [0.15, 0.2) is 0 Å². The summed E-state index contributed by atoms with van der Waals surface area (Å²) in [4.78, 5) is 4.98. The fourth-order valence-electron chi connectivity index (χ4n) is 5.58. The molecule has 3 nitrogen and oxygen atoms in total. The van der Waals surface area contributed by atoms with Gasteiger partial charge in [-0.15, -0.1) is 0 Å². The molecule has 6 rings (SSSR count). The Balaban J connectivity index is 1.30. The summed E-state index contributed by atoms with van der Waals surface area (Å²) >= 11 is 0. The number of benzene rings is 5. The molecular weight excluding hydrogens is 522 g/mol. The van der Waals surface area contributed by atoms with Crippen LogP contribution in [0.5, 0.6) is 0 Å². The van der Waals surface area contributed by atoms with Crippen molar-refractivity contribution >= 4 is 28.4 Å². The van der Waals surface area contributed by atoms with Crippen LogP contribution in [0.15, 0.2) is 151 Å². The Kier molecular flexibility index (Phi) is 8.15. The zero-order chi connectivity index (χ0) is 29.6. The molecule has 6 aromatic rings. The van der Waals surface area contributed by atoms with Crippen molar-refractivity contribution in [2.24, 2.45) is 10.7 Å². The molecule has 2 N–H and O–H groups in total. The molecule has 0 aliphatic heterocycles. The zero-order valence-electron chi connectivity index (χ0n) is 24.6. The Morgan fingerprint density at radius 3 is 1.98 bits per heavy atom. The normalized spacial score (nSPS) is 12.3. The molecule has 0 saturated carbocycles. The number of allylic oxidation sites excluding steroid dienone is 2. The van der Waals surface area contributed by atoms with E-state index in [1.807, 2.05) is 54.6 Å². The molecule has 0 spiro atoms. The van der Waals surface area contributed by atoms with Crippen LogP contribution in [0.1, 0.15) is 34.9 Å². The summed E-state index contributed by atoms with van der Waals surface area (Å²) < 4.78 is 2.34. The summed E-state index contributed by atoms with van der Waals surface area (Å²) in [5.41, 5.74) is 18.4. The molecule has 0 bridgehead atoms. The second kappa shape index (κ2) is 12.6. The standard InChI is InChI=1S/C40H35N3/c1-3-12-36-29(2)43(40-18-11-10-17-37(36)40)35-25-23-32(24-26-35)31-19-21-34(22-20-31)39(42-28-30-13-6-4-7-14-30)27-38(41)33-15-8-5-9-16-33/h3-27H,28,41H2,1-2H3/b12-3-,38-27-,42-39?. The van der Waals surface area contributed by atoms with Gasteiger partial charge >= 0.3 is 0 Å². The fraction of sp³-hybridized carbons (Fsp3) is 0.0750. The van der Waals surface area contributed by atoms with Crippen molar-refractivity contribution in [3.8, 4) is 16.8 Å². The van der Waals surface area contributed by atoms with Crippen molar-refractivity contribution in [2.45, 2.75) is 20.4 Å². The predicted molar refractivity (Wildman–Crippen MR) is 183 cm³/mol. The average molecular weight is 558 g/mol. The lowest BCUT2D eigenvalue weighted by Crippen LogP contribution is -2.04. The van der Waals surface area contributed by atoms with Crippen LogP contribution in [0, 0.1) is 6.92 Å². The number of nitrogens with zero attached hydrogens (tertiary/aromatic N) is 2. The molecule has 1 aromatic heterocycles. The van der Waals surface area contributed by atoms with Crippen LogP contribution in [0.3, 0.4) is 0 Å². The zero-order valence-corrected chi connectivity index (χ0v) is 24.6. The molecule has 0 aliphatic carbocycles. The van der Waals surface area contributed by atoms with Crippen LogP contribution in [-0.2, 0) is 6.54 Å². The van der Waals surface area contributed by atoms with Crippen molar-refractivity contribution in [1.82, 2.24) is 4.57 Å². The topological polar surface area (TPSA) is 43.3 Å². The fourth-order valence-corrected chi connectivity index (χ4v) is 5.58. The molecule has 0 radical (unpaired) electrons. The summed E-state index contributed by atoms with van der Waals surface area (Å²) in [5.74, 6) is 0. The van der Waals surface area contributed by atoms with Gasteiger partial charge in [0.2, 0.25) is 0 Å². The third kappa shape index (κ3) is 5.98. The van der Waals surface area contributed by atoms with E-state index in [2.05, 4.69) is 115 Å². The Morgan fingerprint density at radius 2 is 1.30 bits per heavy atom. The van der Waals surface area contributed by atoms with E-state index in [0.29, 0.717) is 12.2 Å². The van der Waals surface area contributed by atoms with Crippen molar-refractivity contribution < 1.29 is 0 Å². The lowest BCUT2D eigenvalue weighted by molar-refractivity contribution is 1.05. The maximum Gasteiger partial charge on any atom is 0.0671 e. The number of para-hydroxylation sites is 1. The van der Waals surface area contributed by atoms with Gasteiger partial charge in [-0.05, 0) is 65.9 Å². The first-order valence-electron chi connectivity index (χ1n) is 14.7. The summed E-state index contributed by atoms with van der Waals surface area (Å²) in [6.45, 7) is 4.84. The van der Waals surface area contributed by atoms with Crippen molar-refractivity contribution in [3.63, 3.8) is 0 Å². The van der Waals surface area contributed by atoms with Crippen LogP contribution in [0.25, 0.3) is 39.5 Å². The third-order valence-corrected chi connectivity index (χ3v) is 7.81. The van der Waals surface area contributed by atoms with Crippen LogP contribution in [0.2, 0.25) is 0 Å². The molecule has 5 aromatic carbocycles. The number of rotatable bonds is 8. The highest BCUT2D eigenvalue weighted by atomic mass is 15.0. The Morgan fingerprint density at radius 1 is 0.698 bits per heavy atom. The average Bonchev–Trinajstić information content (AvgIpc) is 3.35. The lowest BCUT2D eigenvalue weighted by atomic mass is 10.0. The van der Waals surface area contributed by atoms with Crippen LogP contribution in [0.4, 0.5) is 0 Å². The Labute approximate surface area is 254 Å². The van der Waals surface area contributed by atoms with E-state index >= 15 is 0 Å². The van der Waals surface area contributed by atoms with Gasteiger partial charge in [0.25, 0.3) is 0 Å². The van der Waals surface area contributed by atoms with E-state index in [0.717, 1.165) is 33.7 Å². The highest BCUT2D eigenvalue weighted by molar-refractivity contribution is 6.12. The quantitative estimate of drug-likeness (QED) is 0.186. The Bertz CT molecular complexity index is 1920. The minimum atomic E-state index is 0.585. The monoisotopic (exact) mass is 557 g/mol. The van der Waals surface area contributed by atoms with E-state index in [9.17, 15) is 0 Å². The third-order valence-electron chi connectivity index (χ3n) is 7.81. The summed E-state index contributed by atoms with van der Waals surface area (Å²) in [5, 5.41) is 1.27. The van der Waals surface area contributed by atoms with Crippen molar-refractivity contribution in [3.05, 3.63) is 174 Å². The number of nitrogens with two attached hydrogens (primary N) is 1. The summed E-state index contributed by atoms with van der Waals surface area (Å²) in [6.07, 6.45) is 6.29. The van der Waals surface area contributed by atoms with E-state index in [-0.39, 0.29) is 0 Å². The first-order chi connectivity index (χ1) is 21.1. The molecule has 210 valence electrons. The molecular formula is C40H35N3. The highest BCUT2D eigenvalue weighted by Crippen LogP contribution is 2.31. The van der Waals surface area contributed by atoms with Gasteiger partial charge < -0.3 is 10.3 Å². The van der Waals surface area contributed by atoms with Gasteiger partial charge in [-0.3, -0.25) is 4.99 Å². The molecule has 43 heavy (non-hydrogen) atoms. The van der Waals surface area contributed by atoms with Crippen LogP contribution < -0.4 is 5.73 Å². The van der Waals surface area contributed by atoms with Gasteiger partial charge in [-0.25, -0.2) is 0 Å². The second-order valence-electron chi connectivity index (χ2n) is 10.6. The maximum absolute atomic E-state index is 6.52. The maximum atomic E-state index is 6.52.